The number of nitrogens with one attached hydrogen (secondary N) is 1. The van der Waals surface area contributed by atoms with Crippen LogP contribution in [-0.4, -0.2) is 16.1 Å². The van der Waals surface area contributed by atoms with Crippen molar-refractivity contribution in [3.8, 4) is 0 Å². The molecule has 0 saturated heterocycles. The van der Waals surface area contributed by atoms with Gasteiger partial charge in [0, 0.05) is 22.7 Å². The van der Waals surface area contributed by atoms with E-state index in [-0.39, 0.29) is 5.56 Å². The highest BCUT2D eigenvalue weighted by Gasteiger charge is 2.04. The molecular weight excluding hydrogens is 278 g/mol. The quantitative estimate of drug-likeness (QED) is 0.697. The summed E-state index contributed by atoms with van der Waals surface area (Å²) in [7, 11) is 0. The summed E-state index contributed by atoms with van der Waals surface area (Å²) in [6.07, 6.45) is 1.95. The lowest BCUT2D eigenvalue weighted by atomic mass is 10.1. The third-order valence-corrected chi connectivity index (χ3v) is 3.55. The van der Waals surface area contributed by atoms with Gasteiger partial charge in [-0.3, -0.25) is 0 Å². The Labute approximate surface area is 127 Å². The van der Waals surface area contributed by atoms with E-state index < -0.39 is 5.97 Å². The van der Waals surface area contributed by atoms with E-state index >= 15 is 0 Å². The van der Waals surface area contributed by atoms with Crippen LogP contribution in [0.1, 0.15) is 21.5 Å². The minimum Gasteiger partial charge on any atom is -0.478 e. The van der Waals surface area contributed by atoms with E-state index in [4.69, 9.17) is 5.11 Å². The van der Waals surface area contributed by atoms with Gasteiger partial charge in [0.2, 0.25) is 0 Å². The Bertz CT molecular complexity index is 848. The summed E-state index contributed by atoms with van der Waals surface area (Å²) in [4.78, 5) is 14.0. The average molecular weight is 293 g/mol. The molecule has 22 heavy (non-hydrogen) atoms. The van der Waals surface area contributed by atoms with E-state index in [0.717, 1.165) is 16.5 Å². The number of aromatic carboxylic acids is 1. The summed E-state index contributed by atoms with van der Waals surface area (Å²) in [5.74, 6) is -0.947. The minimum atomic E-state index is -0.947. The van der Waals surface area contributed by atoms with Gasteiger partial charge in [0.25, 0.3) is 0 Å². The molecule has 0 aliphatic rings. The molecule has 0 bridgehead atoms. The number of azo groups is 1. The molecule has 0 atom stereocenters. The number of aromatic amines is 1. The molecule has 2 N–H and O–H groups in total. The number of nitrogens with zero attached hydrogens (tertiary/aromatic N) is 2. The van der Waals surface area contributed by atoms with Crippen molar-refractivity contribution in [2.24, 2.45) is 10.2 Å². The van der Waals surface area contributed by atoms with Gasteiger partial charge in [0.1, 0.15) is 0 Å². The molecule has 0 fully saturated rings. The largest absolute Gasteiger partial charge is 0.478 e. The number of aryl methyl sites for hydroxylation is 1. The molecule has 3 aromatic rings. The van der Waals surface area contributed by atoms with Crippen molar-refractivity contribution in [3.63, 3.8) is 0 Å². The molecule has 0 unspecified atom stereocenters. The van der Waals surface area contributed by atoms with Crippen molar-refractivity contribution in [3.05, 3.63) is 65.4 Å². The Hall–Kier alpha value is -2.95. The van der Waals surface area contributed by atoms with Gasteiger partial charge in [-0.25, -0.2) is 4.79 Å². The first-order valence-corrected chi connectivity index (χ1v) is 6.91. The maximum atomic E-state index is 10.8. The lowest BCUT2D eigenvalue weighted by Gasteiger charge is -1.97. The minimum absolute atomic E-state index is 0.242. The van der Waals surface area contributed by atoms with Gasteiger partial charge in [-0.1, -0.05) is 18.2 Å². The van der Waals surface area contributed by atoms with Gasteiger partial charge in [-0.15, -0.1) is 0 Å². The van der Waals surface area contributed by atoms with Crippen LogP contribution in [0.15, 0.2) is 58.9 Å². The molecule has 2 aromatic carbocycles. The Morgan fingerprint density at radius 1 is 1.18 bits per heavy atom. The molecular formula is C17H15N3O2. The lowest BCUT2D eigenvalue weighted by molar-refractivity contribution is 0.0697. The number of hydrogen-bond acceptors (Lipinski definition) is 3. The summed E-state index contributed by atoms with van der Waals surface area (Å²) in [5.41, 5.74) is 4.29. The molecule has 0 spiro atoms. The van der Waals surface area contributed by atoms with Crippen LogP contribution in [0.2, 0.25) is 0 Å². The predicted octanol–water partition coefficient (Wildman–Crippen LogP) is 4.46. The summed E-state index contributed by atoms with van der Waals surface area (Å²) in [6, 6.07) is 12.5. The molecule has 110 valence electrons. The first-order chi connectivity index (χ1) is 10.6. The number of carbonyl (C=O) groups is 1. The van der Waals surface area contributed by atoms with Crippen LogP contribution in [0.25, 0.3) is 10.9 Å². The molecule has 5 nitrogen and oxygen atoms in total. The van der Waals surface area contributed by atoms with E-state index in [2.05, 4.69) is 34.3 Å². The van der Waals surface area contributed by atoms with Crippen LogP contribution in [0.4, 0.5) is 5.69 Å². The van der Waals surface area contributed by atoms with Crippen LogP contribution >= 0.6 is 0 Å². The number of carboxylic acids is 1. The number of H-pyrrole nitrogens is 1. The van der Waals surface area contributed by atoms with Crippen molar-refractivity contribution in [1.82, 2.24) is 4.98 Å². The fourth-order valence-corrected chi connectivity index (χ4v) is 2.36. The highest BCUT2D eigenvalue weighted by atomic mass is 16.4. The first-order valence-electron chi connectivity index (χ1n) is 6.91. The Morgan fingerprint density at radius 2 is 1.95 bits per heavy atom. The predicted molar refractivity (Wildman–Crippen MR) is 84.7 cm³/mol. The van der Waals surface area contributed by atoms with Crippen LogP contribution in [-0.2, 0) is 6.54 Å². The second kappa shape index (κ2) is 5.81. The topological polar surface area (TPSA) is 77.8 Å². The maximum Gasteiger partial charge on any atom is 0.335 e. The smallest absolute Gasteiger partial charge is 0.335 e. The third-order valence-electron chi connectivity index (χ3n) is 3.55. The number of hydrogen-bond donors (Lipinski definition) is 2. The van der Waals surface area contributed by atoms with Crippen molar-refractivity contribution in [2.75, 3.05) is 0 Å². The Balaban J connectivity index is 1.76. The molecule has 0 saturated carbocycles. The number of carboxylic acid groups (broad SMARTS) is 1. The standard InChI is InChI=1S/C17H15N3O2/c1-11-3-2-4-15-13(9-18-16(11)15)10-19-20-14-7-5-12(6-8-14)17(21)22/h2-9,18H,10H2,1H3,(H,21,22). The molecule has 0 radical (unpaired) electrons. The monoisotopic (exact) mass is 293 g/mol. The lowest BCUT2D eigenvalue weighted by Crippen LogP contribution is -1.93. The molecule has 0 amide bonds. The van der Waals surface area contributed by atoms with E-state index in [9.17, 15) is 4.79 Å². The highest BCUT2D eigenvalue weighted by molar-refractivity contribution is 5.88. The van der Waals surface area contributed by atoms with Crippen molar-refractivity contribution in [2.45, 2.75) is 13.5 Å². The van der Waals surface area contributed by atoms with Gasteiger partial charge in [0.15, 0.2) is 0 Å². The van der Waals surface area contributed by atoms with Crippen LogP contribution in [0.5, 0.6) is 0 Å². The van der Waals surface area contributed by atoms with Crippen molar-refractivity contribution in [1.29, 1.82) is 0 Å². The molecule has 3 rings (SSSR count). The molecule has 0 aliphatic heterocycles. The molecule has 1 heterocycles. The summed E-state index contributed by atoms with van der Waals surface area (Å²) in [6.45, 7) is 2.54. The van der Waals surface area contributed by atoms with E-state index in [1.54, 1.807) is 12.1 Å². The zero-order chi connectivity index (χ0) is 15.5. The van der Waals surface area contributed by atoms with Gasteiger partial charge in [-0.05, 0) is 36.8 Å². The zero-order valence-corrected chi connectivity index (χ0v) is 12.1. The summed E-state index contributed by atoms with van der Waals surface area (Å²) >= 11 is 0. The van der Waals surface area contributed by atoms with Crippen LogP contribution in [0, 0.1) is 6.92 Å². The second-order valence-electron chi connectivity index (χ2n) is 5.06. The number of para-hydroxylation sites is 1. The Kier molecular flexibility index (Phi) is 3.70. The number of rotatable bonds is 4. The number of aromatic nitrogens is 1. The van der Waals surface area contributed by atoms with Gasteiger partial charge in [-0.2, -0.15) is 10.2 Å². The van der Waals surface area contributed by atoms with E-state index in [1.165, 1.54) is 17.7 Å². The fraction of sp³-hybridized carbons (Fsp3) is 0.118. The number of benzene rings is 2. The second-order valence-corrected chi connectivity index (χ2v) is 5.06. The summed E-state index contributed by atoms with van der Waals surface area (Å²) < 4.78 is 0. The third kappa shape index (κ3) is 2.74. The van der Waals surface area contributed by atoms with Crippen LogP contribution < -0.4 is 0 Å². The summed E-state index contributed by atoms with van der Waals surface area (Å²) in [5, 5.41) is 18.3. The van der Waals surface area contributed by atoms with Gasteiger partial charge >= 0.3 is 5.97 Å². The molecule has 0 aliphatic carbocycles. The van der Waals surface area contributed by atoms with Crippen LogP contribution in [0.3, 0.4) is 0 Å². The molecule has 5 heteroatoms. The maximum absolute atomic E-state index is 10.8. The SMILES string of the molecule is Cc1cccc2c(CN=Nc3ccc(C(=O)O)cc3)c[nH]c12. The average Bonchev–Trinajstić information content (AvgIpc) is 2.93. The normalized spacial score (nSPS) is 11.3. The van der Waals surface area contributed by atoms with Crippen molar-refractivity contribution < 1.29 is 9.90 Å². The number of fused-ring (bicyclic) bond motifs is 1. The van der Waals surface area contributed by atoms with Crippen molar-refractivity contribution >= 4 is 22.6 Å². The van der Waals surface area contributed by atoms with E-state index in [1.807, 2.05) is 12.3 Å². The Morgan fingerprint density at radius 3 is 2.68 bits per heavy atom. The highest BCUT2D eigenvalue weighted by Crippen LogP contribution is 2.22. The zero-order valence-electron chi connectivity index (χ0n) is 12.1. The van der Waals surface area contributed by atoms with Gasteiger partial charge < -0.3 is 10.1 Å². The van der Waals surface area contributed by atoms with Gasteiger partial charge in [0.05, 0.1) is 17.8 Å². The fourth-order valence-electron chi connectivity index (χ4n) is 2.36. The van der Waals surface area contributed by atoms with E-state index in [0.29, 0.717) is 12.2 Å². The molecule has 1 aromatic heterocycles. The first kappa shape index (κ1) is 14.0.